The largest absolute Gasteiger partial charge is 0.336 e. The molecule has 5 nitrogen and oxygen atoms in total. The van der Waals surface area contributed by atoms with Crippen molar-refractivity contribution in [1.29, 1.82) is 0 Å². The number of nitrogens with zero attached hydrogens (tertiary/aromatic N) is 3. The minimum absolute atomic E-state index is 0.0254. The molecule has 2 aromatic carbocycles. The summed E-state index contributed by atoms with van der Waals surface area (Å²) in [5, 5.41) is 3.34. The van der Waals surface area contributed by atoms with Gasteiger partial charge >= 0.3 is 0 Å². The van der Waals surface area contributed by atoms with E-state index in [2.05, 4.69) is 59.3 Å². The number of pyridine rings is 1. The van der Waals surface area contributed by atoms with Crippen molar-refractivity contribution in [1.82, 2.24) is 19.8 Å². The zero-order valence-corrected chi connectivity index (χ0v) is 17.7. The quantitative estimate of drug-likeness (QED) is 0.548. The standard InChI is InChI=1S/C26H26N4O/c1-19(20-9-4-2-5-10-20)25-23(26(31)29-17-15-27-16-18-29)24-22(13-8-14-28-24)30(25)21-11-6-3-7-12-21/h2-14,19,27H,15-18H2,1H3. The fraction of sp³-hybridized carbons (Fsp3) is 0.231. The number of amides is 1. The minimum Gasteiger partial charge on any atom is -0.336 e. The van der Waals surface area contributed by atoms with E-state index in [1.54, 1.807) is 6.20 Å². The Morgan fingerprint density at radius 2 is 1.61 bits per heavy atom. The summed E-state index contributed by atoms with van der Waals surface area (Å²) in [6, 6.07) is 24.7. The van der Waals surface area contributed by atoms with Gasteiger partial charge in [0, 0.05) is 49.7 Å². The van der Waals surface area contributed by atoms with Crippen molar-refractivity contribution in [3.63, 3.8) is 0 Å². The maximum atomic E-state index is 13.9. The molecule has 3 heterocycles. The summed E-state index contributed by atoms with van der Waals surface area (Å²) in [7, 11) is 0. The Bertz CT molecular complexity index is 1190. The van der Waals surface area contributed by atoms with E-state index in [1.807, 2.05) is 35.2 Å². The molecule has 1 N–H and O–H groups in total. The first kappa shape index (κ1) is 19.5. The van der Waals surface area contributed by atoms with Crippen molar-refractivity contribution in [3.8, 4) is 5.69 Å². The highest BCUT2D eigenvalue weighted by Crippen LogP contribution is 2.36. The molecule has 31 heavy (non-hydrogen) atoms. The molecule has 1 atom stereocenters. The van der Waals surface area contributed by atoms with E-state index in [0.29, 0.717) is 13.1 Å². The van der Waals surface area contributed by atoms with Gasteiger partial charge in [0.2, 0.25) is 0 Å². The molecule has 0 saturated carbocycles. The van der Waals surface area contributed by atoms with E-state index in [9.17, 15) is 4.79 Å². The topological polar surface area (TPSA) is 50.2 Å². The molecular weight excluding hydrogens is 384 g/mol. The van der Waals surface area contributed by atoms with Gasteiger partial charge in [0.1, 0.15) is 5.52 Å². The Morgan fingerprint density at radius 1 is 0.935 bits per heavy atom. The number of para-hydroxylation sites is 1. The summed E-state index contributed by atoms with van der Waals surface area (Å²) < 4.78 is 2.22. The molecular formula is C26H26N4O. The summed E-state index contributed by atoms with van der Waals surface area (Å²) in [5.74, 6) is 0.0927. The molecule has 1 unspecified atom stereocenters. The Labute approximate surface area is 182 Å². The van der Waals surface area contributed by atoms with Crippen molar-refractivity contribution in [2.45, 2.75) is 12.8 Å². The van der Waals surface area contributed by atoms with Crippen LogP contribution in [0.15, 0.2) is 79.0 Å². The summed E-state index contributed by atoms with van der Waals surface area (Å²) >= 11 is 0. The summed E-state index contributed by atoms with van der Waals surface area (Å²) in [4.78, 5) is 20.5. The first-order valence-electron chi connectivity index (χ1n) is 10.9. The van der Waals surface area contributed by atoms with E-state index in [-0.39, 0.29) is 11.8 Å². The number of carbonyl (C=O) groups is 1. The number of carbonyl (C=O) groups excluding carboxylic acids is 1. The van der Waals surface area contributed by atoms with Gasteiger partial charge < -0.3 is 14.8 Å². The molecule has 1 aliphatic rings. The molecule has 4 aromatic rings. The molecule has 1 fully saturated rings. The van der Waals surface area contributed by atoms with Gasteiger partial charge in [-0.05, 0) is 29.8 Å². The van der Waals surface area contributed by atoms with Crippen LogP contribution < -0.4 is 5.32 Å². The van der Waals surface area contributed by atoms with Crippen LogP contribution >= 0.6 is 0 Å². The van der Waals surface area contributed by atoms with Gasteiger partial charge in [-0.15, -0.1) is 0 Å². The lowest BCUT2D eigenvalue weighted by Gasteiger charge is -2.28. The van der Waals surface area contributed by atoms with Crippen LogP contribution in [-0.2, 0) is 0 Å². The number of piperazine rings is 1. The van der Waals surface area contributed by atoms with Crippen LogP contribution in [0.4, 0.5) is 0 Å². The molecule has 2 aromatic heterocycles. The molecule has 1 amide bonds. The monoisotopic (exact) mass is 410 g/mol. The lowest BCUT2D eigenvalue weighted by Crippen LogP contribution is -2.46. The molecule has 0 radical (unpaired) electrons. The fourth-order valence-corrected chi connectivity index (χ4v) is 4.53. The molecule has 1 saturated heterocycles. The smallest absolute Gasteiger partial charge is 0.258 e. The van der Waals surface area contributed by atoms with Crippen LogP contribution in [0.25, 0.3) is 16.7 Å². The van der Waals surface area contributed by atoms with Gasteiger partial charge in [0.05, 0.1) is 11.1 Å². The normalized spacial score (nSPS) is 15.2. The maximum Gasteiger partial charge on any atom is 0.258 e. The second-order valence-electron chi connectivity index (χ2n) is 7.98. The van der Waals surface area contributed by atoms with Crippen molar-refractivity contribution < 1.29 is 4.79 Å². The Morgan fingerprint density at radius 3 is 2.32 bits per heavy atom. The lowest BCUT2D eigenvalue weighted by atomic mass is 9.94. The first-order valence-corrected chi connectivity index (χ1v) is 10.9. The second-order valence-corrected chi connectivity index (χ2v) is 7.98. The van der Waals surface area contributed by atoms with Gasteiger partial charge in [-0.25, -0.2) is 0 Å². The number of benzene rings is 2. The number of hydrogen-bond acceptors (Lipinski definition) is 3. The molecule has 0 aliphatic carbocycles. The molecule has 1 aliphatic heterocycles. The summed E-state index contributed by atoms with van der Waals surface area (Å²) in [6.07, 6.45) is 1.78. The zero-order valence-electron chi connectivity index (χ0n) is 17.7. The fourth-order valence-electron chi connectivity index (χ4n) is 4.53. The van der Waals surface area contributed by atoms with Gasteiger partial charge in [0.15, 0.2) is 0 Å². The average molecular weight is 411 g/mol. The third kappa shape index (κ3) is 3.51. The van der Waals surface area contributed by atoms with E-state index in [0.717, 1.165) is 41.1 Å². The van der Waals surface area contributed by atoms with Gasteiger partial charge in [-0.2, -0.15) is 0 Å². The van der Waals surface area contributed by atoms with Gasteiger partial charge in [-0.3, -0.25) is 9.78 Å². The van der Waals surface area contributed by atoms with Gasteiger partial charge in [-0.1, -0.05) is 55.5 Å². The van der Waals surface area contributed by atoms with Gasteiger partial charge in [0.25, 0.3) is 5.91 Å². The highest BCUT2D eigenvalue weighted by Gasteiger charge is 2.31. The molecule has 156 valence electrons. The predicted molar refractivity (Wildman–Crippen MR) is 124 cm³/mol. The maximum absolute atomic E-state index is 13.9. The Kier molecular flexibility index (Phi) is 5.26. The molecule has 5 rings (SSSR count). The van der Waals surface area contributed by atoms with Crippen LogP contribution in [0, 0.1) is 0 Å². The average Bonchev–Trinajstić information content (AvgIpc) is 3.20. The highest BCUT2D eigenvalue weighted by atomic mass is 16.2. The van der Waals surface area contributed by atoms with Crippen LogP contribution in [0.1, 0.15) is 34.5 Å². The molecule has 0 spiro atoms. The van der Waals surface area contributed by atoms with Crippen molar-refractivity contribution >= 4 is 16.9 Å². The molecule has 0 bridgehead atoms. The van der Waals surface area contributed by atoms with E-state index in [1.165, 1.54) is 5.56 Å². The van der Waals surface area contributed by atoms with Crippen LogP contribution in [0.3, 0.4) is 0 Å². The van der Waals surface area contributed by atoms with E-state index >= 15 is 0 Å². The first-order chi connectivity index (χ1) is 15.3. The zero-order chi connectivity index (χ0) is 21.2. The highest BCUT2D eigenvalue weighted by molar-refractivity contribution is 6.08. The number of aromatic nitrogens is 2. The predicted octanol–water partition coefficient (Wildman–Crippen LogP) is 4.22. The lowest BCUT2D eigenvalue weighted by molar-refractivity contribution is 0.0736. The van der Waals surface area contributed by atoms with Crippen LogP contribution in [-0.4, -0.2) is 46.5 Å². The molecule has 5 heteroatoms. The van der Waals surface area contributed by atoms with Crippen LogP contribution in [0.5, 0.6) is 0 Å². The van der Waals surface area contributed by atoms with Crippen molar-refractivity contribution in [3.05, 3.63) is 95.8 Å². The van der Waals surface area contributed by atoms with Crippen LogP contribution in [0.2, 0.25) is 0 Å². The number of hydrogen-bond donors (Lipinski definition) is 1. The summed E-state index contributed by atoms with van der Waals surface area (Å²) in [5.41, 5.74) is 5.67. The second kappa shape index (κ2) is 8.36. The summed E-state index contributed by atoms with van der Waals surface area (Å²) in [6.45, 7) is 5.24. The van der Waals surface area contributed by atoms with Crippen molar-refractivity contribution in [2.24, 2.45) is 0 Å². The third-order valence-corrected chi connectivity index (χ3v) is 6.10. The minimum atomic E-state index is 0.0254. The number of nitrogens with one attached hydrogen (secondary N) is 1. The van der Waals surface area contributed by atoms with Crippen molar-refractivity contribution in [2.75, 3.05) is 26.2 Å². The number of fused-ring (bicyclic) bond motifs is 1. The Balaban J connectivity index is 1.79. The number of rotatable bonds is 4. The van der Waals surface area contributed by atoms with E-state index < -0.39 is 0 Å². The van der Waals surface area contributed by atoms with E-state index in [4.69, 9.17) is 4.98 Å². The Hall–Kier alpha value is -3.44. The third-order valence-electron chi connectivity index (χ3n) is 6.10. The SMILES string of the molecule is CC(c1ccccc1)c1c(C(=O)N2CCNCC2)c2ncccc2n1-c1ccccc1.